The number of carbonyl (C=O) groups is 3. The summed E-state index contributed by atoms with van der Waals surface area (Å²) in [6, 6.07) is 12.3. The number of benzene rings is 2. The van der Waals surface area contributed by atoms with Crippen molar-refractivity contribution in [3.8, 4) is 5.75 Å². The fraction of sp³-hybridized carbons (Fsp3) is 0.348. The molecule has 1 fully saturated rings. The zero-order chi connectivity index (χ0) is 24.7. The molecule has 0 atom stereocenters. The first-order chi connectivity index (χ1) is 16.1. The van der Waals surface area contributed by atoms with Crippen molar-refractivity contribution in [3.63, 3.8) is 0 Å². The third-order valence-electron chi connectivity index (χ3n) is 5.13. The summed E-state index contributed by atoms with van der Waals surface area (Å²) in [5.74, 6) is -0.106. The Labute approximate surface area is 198 Å². The Morgan fingerprint density at radius 1 is 0.971 bits per heavy atom. The van der Waals surface area contributed by atoms with Gasteiger partial charge in [0.15, 0.2) is 0 Å². The van der Waals surface area contributed by atoms with Crippen molar-refractivity contribution in [2.75, 3.05) is 30.7 Å². The molecule has 2 aromatic carbocycles. The molecule has 1 aliphatic rings. The van der Waals surface area contributed by atoms with Crippen molar-refractivity contribution < 1.29 is 32.3 Å². The van der Waals surface area contributed by atoms with Crippen molar-refractivity contribution in [2.24, 2.45) is 0 Å². The first kappa shape index (κ1) is 25.0. The van der Waals surface area contributed by atoms with Crippen molar-refractivity contribution in [3.05, 3.63) is 59.7 Å². The van der Waals surface area contributed by atoms with Crippen molar-refractivity contribution in [1.82, 2.24) is 10.2 Å². The smallest absolute Gasteiger partial charge is 0.434 e. The van der Waals surface area contributed by atoms with Gasteiger partial charge in [-0.15, -0.1) is 0 Å². The third-order valence-corrected chi connectivity index (χ3v) is 5.74. The minimum Gasteiger partial charge on any atom is -0.434 e. The minimum absolute atomic E-state index is 0.0780. The number of rotatable bonds is 7. The second-order valence-corrected chi connectivity index (χ2v) is 9.55. The normalized spacial score (nSPS) is 14.2. The van der Waals surface area contributed by atoms with Gasteiger partial charge in [0, 0.05) is 35.9 Å². The van der Waals surface area contributed by atoms with Crippen LogP contribution in [0.25, 0.3) is 0 Å². The van der Waals surface area contributed by atoms with Crippen molar-refractivity contribution >= 4 is 33.7 Å². The van der Waals surface area contributed by atoms with Crippen LogP contribution in [0, 0.1) is 0 Å². The molecule has 1 saturated heterocycles. The topological polar surface area (TPSA) is 131 Å². The molecule has 0 radical (unpaired) electrons. The lowest BCUT2D eigenvalue weighted by molar-refractivity contribution is 0.0698. The van der Waals surface area contributed by atoms with E-state index in [0.717, 1.165) is 6.26 Å². The maximum absolute atomic E-state index is 12.8. The summed E-state index contributed by atoms with van der Waals surface area (Å²) in [6.07, 6.45) is 1.47. The third kappa shape index (κ3) is 7.20. The molecule has 11 heteroatoms. The number of likely N-dealkylation sites (tertiary alicyclic amines) is 1. The van der Waals surface area contributed by atoms with E-state index >= 15 is 0 Å². The monoisotopic (exact) mass is 489 g/mol. The molecule has 2 aromatic rings. The summed E-state index contributed by atoms with van der Waals surface area (Å²) in [4.78, 5) is 38.4. The lowest BCUT2D eigenvalue weighted by Gasteiger charge is -2.32. The Morgan fingerprint density at radius 2 is 1.56 bits per heavy atom. The van der Waals surface area contributed by atoms with Gasteiger partial charge < -0.3 is 19.7 Å². The van der Waals surface area contributed by atoms with Crippen LogP contribution in [0.4, 0.5) is 10.5 Å². The van der Waals surface area contributed by atoms with Crippen molar-refractivity contribution in [2.45, 2.75) is 25.8 Å². The SMILES string of the molecule is CCOC(=O)Oc1ccc(C(=O)N2CCC(NC(=O)c3ccc(NS(C)(=O)=O)cc3)CC2)cc1. The second-order valence-electron chi connectivity index (χ2n) is 7.80. The summed E-state index contributed by atoms with van der Waals surface area (Å²) >= 11 is 0. The summed E-state index contributed by atoms with van der Waals surface area (Å²) in [5.41, 5.74) is 1.27. The molecular weight excluding hydrogens is 462 g/mol. The van der Waals surface area contributed by atoms with E-state index in [-0.39, 0.29) is 30.2 Å². The van der Waals surface area contributed by atoms with E-state index in [9.17, 15) is 22.8 Å². The molecule has 1 aliphatic heterocycles. The molecule has 2 amide bonds. The average Bonchev–Trinajstić information content (AvgIpc) is 2.79. The van der Waals surface area contributed by atoms with Crippen LogP contribution < -0.4 is 14.8 Å². The number of anilines is 1. The van der Waals surface area contributed by atoms with E-state index in [1.54, 1.807) is 36.1 Å². The van der Waals surface area contributed by atoms with Gasteiger partial charge in [0.1, 0.15) is 5.75 Å². The Bertz CT molecular complexity index is 1120. The molecule has 1 heterocycles. The molecule has 0 saturated carbocycles. The molecule has 3 rings (SSSR count). The van der Waals surface area contributed by atoms with Crippen LogP contribution >= 0.6 is 0 Å². The number of hydrogen-bond acceptors (Lipinski definition) is 7. The Kier molecular flexibility index (Phi) is 8.11. The number of amides is 2. The van der Waals surface area contributed by atoms with E-state index in [0.29, 0.717) is 42.7 Å². The molecule has 2 N–H and O–H groups in total. The van der Waals surface area contributed by atoms with Gasteiger partial charge in [0.05, 0.1) is 12.9 Å². The predicted octanol–water partition coefficient (Wildman–Crippen LogP) is 2.63. The lowest BCUT2D eigenvalue weighted by atomic mass is 10.0. The molecule has 0 aromatic heterocycles. The van der Waals surface area contributed by atoms with Gasteiger partial charge in [0.2, 0.25) is 10.0 Å². The number of carbonyl (C=O) groups excluding carboxylic acids is 3. The fourth-order valence-corrected chi connectivity index (χ4v) is 4.06. The molecule has 0 aliphatic carbocycles. The van der Waals surface area contributed by atoms with E-state index < -0.39 is 16.2 Å². The highest BCUT2D eigenvalue weighted by Crippen LogP contribution is 2.18. The van der Waals surface area contributed by atoms with Crippen LogP contribution in [0.3, 0.4) is 0 Å². The van der Waals surface area contributed by atoms with Gasteiger partial charge in [0.25, 0.3) is 11.8 Å². The van der Waals surface area contributed by atoms with Crippen LogP contribution in [-0.2, 0) is 14.8 Å². The number of nitrogens with one attached hydrogen (secondary N) is 2. The van der Waals surface area contributed by atoms with Gasteiger partial charge in [-0.05, 0) is 68.3 Å². The number of hydrogen-bond donors (Lipinski definition) is 2. The summed E-state index contributed by atoms with van der Waals surface area (Å²) < 4.78 is 34.6. The highest BCUT2D eigenvalue weighted by molar-refractivity contribution is 7.92. The Hall–Kier alpha value is -3.60. The lowest BCUT2D eigenvalue weighted by Crippen LogP contribution is -2.46. The number of ether oxygens (including phenoxy) is 2. The average molecular weight is 490 g/mol. The van der Waals surface area contributed by atoms with Gasteiger partial charge in [-0.1, -0.05) is 0 Å². The van der Waals surface area contributed by atoms with E-state index in [1.807, 2.05) is 0 Å². The standard InChI is InChI=1S/C23H27N3O7S/c1-3-32-23(29)33-20-10-6-17(7-11-20)22(28)26-14-12-18(13-15-26)24-21(27)16-4-8-19(9-5-16)25-34(2,30)31/h4-11,18,25H,3,12-15H2,1-2H3,(H,24,27). The summed E-state index contributed by atoms with van der Waals surface area (Å²) in [5, 5.41) is 2.96. The Morgan fingerprint density at radius 3 is 2.12 bits per heavy atom. The van der Waals surface area contributed by atoms with Gasteiger partial charge in [-0.3, -0.25) is 14.3 Å². The molecule has 0 unspecified atom stereocenters. The molecule has 182 valence electrons. The molecule has 34 heavy (non-hydrogen) atoms. The number of sulfonamides is 1. The van der Waals surface area contributed by atoms with Crippen LogP contribution in [0.5, 0.6) is 5.75 Å². The minimum atomic E-state index is -3.38. The Balaban J connectivity index is 1.48. The van der Waals surface area contributed by atoms with Crippen LogP contribution in [0.2, 0.25) is 0 Å². The number of nitrogens with zero attached hydrogens (tertiary/aromatic N) is 1. The highest BCUT2D eigenvalue weighted by Gasteiger charge is 2.25. The largest absolute Gasteiger partial charge is 0.513 e. The van der Waals surface area contributed by atoms with E-state index in [2.05, 4.69) is 10.0 Å². The molecule has 10 nitrogen and oxygen atoms in total. The zero-order valence-electron chi connectivity index (χ0n) is 18.9. The maximum atomic E-state index is 12.8. The second kappa shape index (κ2) is 11.0. The molecule has 0 bridgehead atoms. The quantitative estimate of drug-likeness (QED) is 0.451. The molecule has 0 spiro atoms. The van der Waals surface area contributed by atoms with Gasteiger partial charge in [-0.25, -0.2) is 13.2 Å². The van der Waals surface area contributed by atoms with E-state index in [1.165, 1.54) is 24.3 Å². The zero-order valence-corrected chi connectivity index (χ0v) is 19.8. The van der Waals surface area contributed by atoms with Crippen molar-refractivity contribution in [1.29, 1.82) is 0 Å². The van der Waals surface area contributed by atoms with Crippen LogP contribution in [0.1, 0.15) is 40.5 Å². The van der Waals surface area contributed by atoms with Crippen LogP contribution in [0.15, 0.2) is 48.5 Å². The summed E-state index contributed by atoms with van der Waals surface area (Å²) in [6.45, 7) is 2.86. The highest BCUT2D eigenvalue weighted by atomic mass is 32.2. The molecular formula is C23H27N3O7S. The predicted molar refractivity (Wildman–Crippen MR) is 125 cm³/mol. The van der Waals surface area contributed by atoms with Gasteiger partial charge in [-0.2, -0.15) is 0 Å². The fourth-order valence-electron chi connectivity index (χ4n) is 3.49. The summed E-state index contributed by atoms with van der Waals surface area (Å²) in [7, 11) is -3.38. The van der Waals surface area contributed by atoms with Crippen LogP contribution in [-0.4, -0.2) is 63.3 Å². The maximum Gasteiger partial charge on any atom is 0.513 e. The first-order valence-electron chi connectivity index (χ1n) is 10.8. The first-order valence-corrected chi connectivity index (χ1v) is 12.7. The number of piperidine rings is 1. The van der Waals surface area contributed by atoms with E-state index in [4.69, 9.17) is 9.47 Å². The van der Waals surface area contributed by atoms with Gasteiger partial charge >= 0.3 is 6.16 Å².